The Kier molecular flexibility index (Phi) is 3.71. The summed E-state index contributed by atoms with van der Waals surface area (Å²) in [5.41, 5.74) is 2.74. The van der Waals surface area contributed by atoms with Gasteiger partial charge < -0.3 is 5.11 Å². The van der Waals surface area contributed by atoms with Crippen molar-refractivity contribution in [3.8, 4) is 0 Å². The van der Waals surface area contributed by atoms with Gasteiger partial charge in [-0.05, 0) is 34.6 Å². The van der Waals surface area contributed by atoms with Crippen LogP contribution in [0, 0.1) is 13.8 Å². The van der Waals surface area contributed by atoms with Crippen LogP contribution >= 0.6 is 0 Å². The average Bonchev–Trinajstić information content (AvgIpc) is 2.85. The predicted molar refractivity (Wildman–Crippen MR) is 71.8 cm³/mol. The maximum absolute atomic E-state index is 9.78. The van der Waals surface area contributed by atoms with Crippen molar-refractivity contribution in [3.63, 3.8) is 0 Å². The first-order valence-electron chi connectivity index (χ1n) is 6.52. The molecule has 6 nitrogen and oxygen atoms in total. The van der Waals surface area contributed by atoms with Crippen LogP contribution in [0.5, 0.6) is 0 Å². The molecule has 0 bridgehead atoms. The molecule has 0 spiro atoms. The molecule has 0 aromatic carbocycles. The fourth-order valence-corrected chi connectivity index (χ4v) is 2.42. The normalized spacial score (nSPS) is 13.2. The fraction of sp³-hybridized carbons (Fsp3) is 0.615. The largest absolute Gasteiger partial charge is 0.389 e. The first-order chi connectivity index (χ1) is 8.91. The van der Waals surface area contributed by atoms with Crippen LogP contribution in [0.4, 0.5) is 0 Å². The summed E-state index contributed by atoms with van der Waals surface area (Å²) in [7, 11) is 0. The Balaban J connectivity index is 2.34. The lowest BCUT2D eigenvalue weighted by Gasteiger charge is -2.10. The van der Waals surface area contributed by atoms with E-state index in [1.54, 1.807) is 13.3 Å². The molecule has 1 N–H and O–H groups in total. The minimum atomic E-state index is -0.503. The zero-order valence-electron chi connectivity index (χ0n) is 12.1. The topological polar surface area (TPSA) is 68.8 Å². The summed E-state index contributed by atoms with van der Waals surface area (Å²) < 4.78 is 3.76. The van der Waals surface area contributed by atoms with E-state index in [9.17, 15) is 5.11 Å². The summed E-state index contributed by atoms with van der Waals surface area (Å²) >= 11 is 0. The second-order valence-electron chi connectivity index (χ2n) is 5.13. The Morgan fingerprint density at radius 1 is 1.26 bits per heavy atom. The molecule has 0 aliphatic carbocycles. The maximum Gasteiger partial charge on any atom is 0.148 e. The highest BCUT2D eigenvalue weighted by Gasteiger charge is 2.17. The summed E-state index contributed by atoms with van der Waals surface area (Å²) in [5.74, 6) is 0.873. The van der Waals surface area contributed by atoms with Crippen LogP contribution in [-0.2, 0) is 6.54 Å². The van der Waals surface area contributed by atoms with E-state index < -0.39 is 6.10 Å². The van der Waals surface area contributed by atoms with Gasteiger partial charge in [0.1, 0.15) is 18.7 Å². The third-order valence-electron chi connectivity index (χ3n) is 3.28. The van der Waals surface area contributed by atoms with Gasteiger partial charge in [0, 0.05) is 17.3 Å². The van der Waals surface area contributed by atoms with Crippen molar-refractivity contribution < 1.29 is 5.11 Å². The van der Waals surface area contributed by atoms with E-state index >= 15 is 0 Å². The average molecular weight is 263 g/mol. The quantitative estimate of drug-likeness (QED) is 0.912. The van der Waals surface area contributed by atoms with Gasteiger partial charge in [-0.15, -0.1) is 0 Å². The Labute approximate surface area is 113 Å². The highest BCUT2D eigenvalue weighted by molar-refractivity contribution is 5.26. The smallest absolute Gasteiger partial charge is 0.148 e. The van der Waals surface area contributed by atoms with Gasteiger partial charge in [-0.3, -0.25) is 4.68 Å². The zero-order valence-corrected chi connectivity index (χ0v) is 12.1. The van der Waals surface area contributed by atoms with Gasteiger partial charge in [-0.25, -0.2) is 9.67 Å². The van der Waals surface area contributed by atoms with Gasteiger partial charge >= 0.3 is 0 Å². The lowest BCUT2D eigenvalue weighted by atomic mass is 10.1. The lowest BCUT2D eigenvalue weighted by Crippen LogP contribution is -2.13. The second-order valence-corrected chi connectivity index (χ2v) is 5.13. The standard InChI is InChI=1S/C13H21N5O/c1-8(2)18-12(14-7-15-18)6-17-10(4)13(11(5)19)9(3)16-17/h7-8,11,19H,6H2,1-5H3. The number of aliphatic hydroxyl groups excluding tert-OH is 1. The monoisotopic (exact) mass is 263 g/mol. The third kappa shape index (κ3) is 2.53. The SMILES string of the molecule is Cc1nn(Cc2ncnn2C(C)C)c(C)c1C(C)O. The molecule has 2 rings (SSSR count). The summed E-state index contributed by atoms with van der Waals surface area (Å²) in [5, 5.41) is 18.5. The van der Waals surface area contributed by atoms with Crippen molar-refractivity contribution in [2.45, 2.75) is 53.3 Å². The summed E-state index contributed by atoms with van der Waals surface area (Å²) in [6, 6.07) is 0.269. The van der Waals surface area contributed by atoms with Crippen molar-refractivity contribution >= 4 is 0 Å². The lowest BCUT2D eigenvalue weighted by molar-refractivity contribution is 0.197. The van der Waals surface area contributed by atoms with Crippen LogP contribution in [0.25, 0.3) is 0 Å². The second kappa shape index (κ2) is 5.13. The molecular weight excluding hydrogens is 242 g/mol. The van der Waals surface area contributed by atoms with Gasteiger partial charge in [-0.1, -0.05) is 0 Å². The van der Waals surface area contributed by atoms with Gasteiger partial charge in [0.25, 0.3) is 0 Å². The molecule has 0 amide bonds. The van der Waals surface area contributed by atoms with Crippen LogP contribution in [-0.4, -0.2) is 29.7 Å². The predicted octanol–water partition coefficient (Wildman–Crippen LogP) is 1.77. The van der Waals surface area contributed by atoms with Crippen molar-refractivity contribution in [1.29, 1.82) is 0 Å². The van der Waals surface area contributed by atoms with Crippen LogP contribution in [0.15, 0.2) is 6.33 Å². The highest BCUT2D eigenvalue weighted by atomic mass is 16.3. The molecule has 0 saturated carbocycles. The molecule has 104 valence electrons. The minimum Gasteiger partial charge on any atom is -0.389 e. The molecule has 19 heavy (non-hydrogen) atoms. The number of aliphatic hydroxyl groups is 1. The molecule has 0 radical (unpaired) electrons. The third-order valence-corrected chi connectivity index (χ3v) is 3.28. The number of hydrogen-bond donors (Lipinski definition) is 1. The highest BCUT2D eigenvalue weighted by Crippen LogP contribution is 2.21. The van der Waals surface area contributed by atoms with Crippen LogP contribution in [0.3, 0.4) is 0 Å². The number of nitrogens with zero attached hydrogens (tertiary/aromatic N) is 5. The number of aromatic nitrogens is 5. The molecule has 0 fully saturated rings. The number of rotatable bonds is 4. The molecule has 0 aliphatic heterocycles. The van der Waals surface area contributed by atoms with Crippen molar-refractivity contribution in [2.24, 2.45) is 0 Å². The maximum atomic E-state index is 9.78. The van der Waals surface area contributed by atoms with Crippen molar-refractivity contribution in [3.05, 3.63) is 29.1 Å². The van der Waals surface area contributed by atoms with E-state index in [0.29, 0.717) is 6.54 Å². The van der Waals surface area contributed by atoms with E-state index in [-0.39, 0.29) is 6.04 Å². The van der Waals surface area contributed by atoms with Gasteiger partial charge in [0.15, 0.2) is 0 Å². The van der Waals surface area contributed by atoms with Crippen LogP contribution < -0.4 is 0 Å². The first-order valence-corrected chi connectivity index (χ1v) is 6.52. The van der Waals surface area contributed by atoms with E-state index in [4.69, 9.17) is 0 Å². The van der Waals surface area contributed by atoms with E-state index in [2.05, 4.69) is 29.0 Å². The molecule has 6 heteroatoms. The molecule has 2 aromatic heterocycles. The van der Waals surface area contributed by atoms with Gasteiger partial charge in [0.05, 0.1) is 11.8 Å². The van der Waals surface area contributed by atoms with Crippen molar-refractivity contribution in [1.82, 2.24) is 24.5 Å². The van der Waals surface area contributed by atoms with E-state index in [1.165, 1.54) is 0 Å². The minimum absolute atomic E-state index is 0.269. The van der Waals surface area contributed by atoms with Gasteiger partial charge in [0.2, 0.25) is 0 Å². The molecule has 2 aromatic rings. The Hall–Kier alpha value is -1.69. The fourth-order valence-electron chi connectivity index (χ4n) is 2.42. The molecule has 0 aliphatic rings. The summed E-state index contributed by atoms with van der Waals surface area (Å²) in [6.07, 6.45) is 1.06. The number of hydrogen-bond acceptors (Lipinski definition) is 4. The number of aryl methyl sites for hydroxylation is 1. The van der Waals surface area contributed by atoms with Crippen molar-refractivity contribution in [2.75, 3.05) is 0 Å². The van der Waals surface area contributed by atoms with Gasteiger partial charge in [-0.2, -0.15) is 10.2 Å². The molecule has 1 atom stereocenters. The molecular formula is C13H21N5O. The first kappa shape index (κ1) is 13.7. The summed E-state index contributed by atoms with van der Waals surface area (Å²) in [4.78, 5) is 4.29. The summed E-state index contributed by atoms with van der Waals surface area (Å²) in [6.45, 7) is 10.4. The van der Waals surface area contributed by atoms with E-state index in [1.807, 2.05) is 23.2 Å². The van der Waals surface area contributed by atoms with Crippen LogP contribution in [0.1, 0.15) is 55.7 Å². The Morgan fingerprint density at radius 3 is 2.47 bits per heavy atom. The van der Waals surface area contributed by atoms with E-state index in [0.717, 1.165) is 22.8 Å². The zero-order chi connectivity index (χ0) is 14.2. The molecule has 0 saturated heterocycles. The Morgan fingerprint density at radius 2 is 1.95 bits per heavy atom. The molecule has 2 heterocycles. The van der Waals surface area contributed by atoms with Crippen LogP contribution in [0.2, 0.25) is 0 Å². The Bertz CT molecular complexity index is 568. The molecule has 1 unspecified atom stereocenters.